The van der Waals surface area contributed by atoms with Crippen molar-refractivity contribution in [2.45, 2.75) is 44.7 Å². The van der Waals surface area contributed by atoms with E-state index >= 15 is 0 Å². The van der Waals surface area contributed by atoms with E-state index in [4.69, 9.17) is 0 Å². The number of aromatic nitrogens is 3. The van der Waals surface area contributed by atoms with Crippen molar-refractivity contribution in [3.8, 4) is 0 Å². The molecule has 0 bridgehead atoms. The zero-order valence-corrected chi connectivity index (χ0v) is 7.79. The molecule has 0 unspecified atom stereocenters. The molecule has 4 nitrogen and oxygen atoms in total. The lowest BCUT2D eigenvalue weighted by Crippen LogP contribution is -2.30. The summed E-state index contributed by atoms with van der Waals surface area (Å²) in [5.41, 5.74) is 1.01. The zero-order valence-electron chi connectivity index (χ0n) is 7.79. The quantitative estimate of drug-likeness (QED) is 0.735. The zero-order chi connectivity index (χ0) is 8.93. The molecule has 0 saturated heterocycles. The Labute approximate surface area is 78.1 Å². The van der Waals surface area contributed by atoms with Crippen LogP contribution < -0.4 is 5.32 Å². The van der Waals surface area contributed by atoms with E-state index < -0.39 is 0 Å². The Morgan fingerprint density at radius 3 is 2.92 bits per heavy atom. The lowest BCUT2D eigenvalue weighted by molar-refractivity contribution is 0.371. The minimum absolute atomic E-state index is 0.699. The number of H-pyrrole nitrogens is 1. The Morgan fingerprint density at radius 1 is 1.38 bits per heavy atom. The van der Waals surface area contributed by atoms with Gasteiger partial charge in [-0.1, -0.05) is 19.3 Å². The van der Waals surface area contributed by atoms with Crippen molar-refractivity contribution in [2.75, 3.05) is 0 Å². The van der Waals surface area contributed by atoms with Gasteiger partial charge in [-0.05, 0) is 12.8 Å². The molecule has 1 fully saturated rings. The summed E-state index contributed by atoms with van der Waals surface area (Å²) in [4.78, 5) is 0. The molecule has 0 amide bonds. The van der Waals surface area contributed by atoms with Crippen LogP contribution >= 0.6 is 0 Å². The summed E-state index contributed by atoms with van der Waals surface area (Å²) in [6, 6.07) is 0.699. The van der Waals surface area contributed by atoms with E-state index in [2.05, 4.69) is 20.7 Å². The fourth-order valence-corrected chi connectivity index (χ4v) is 1.87. The molecule has 0 aromatic carbocycles. The third-order valence-electron chi connectivity index (χ3n) is 2.64. The number of aromatic amines is 1. The standard InChI is InChI=1S/C9H16N4/c1-2-4-8(5-3-1)10-6-9-7-11-13-12-9/h7-8,10H,1-6H2,(H,11,12,13). The van der Waals surface area contributed by atoms with Crippen molar-refractivity contribution < 1.29 is 0 Å². The molecule has 2 N–H and O–H groups in total. The molecular weight excluding hydrogens is 164 g/mol. The van der Waals surface area contributed by atoms with Crippen molar-refractivity contribution in [3.05, 3.63) is 11.9 Å². The molecule has 0 spiro atoms. The summed E-state index contributed by atoms with van der Waals surface area (Å²) in [6.07, 6.45) is 8.56. The highest BCUT2D eigenvalue weighted by Crippen LogP contribution is 2.17. The Hall–Kier alpha value is -0.900. The number of hydrogen-bond acceptors (Lipinski definition) is 3. The molecule has 0 atom stereocenters. The molecule has 1 aliphatic carbocycles. The number of nitrogens with one attached hydrogen (secondary N) is 2. The first-order chi connectivity index (χ1) is 6.45. The fourth-order valence-electron chi connectivity index (χ4n) is 1.87. The van der Waals surface area contributed by atoms with Crippen molar-refractivity contribution in [2.24, 2.45) is 0 Å². The van der Waals surface area contributed by atoms with Crippen molar-refractivity contribution in [3.63, 3.8) is 0 Å². The summed E-state index contributed by atoms with van der Waals surface area (Å²) in [6.45, 7) is 0.848. The monoisotopic (exact) mass is 180 g/mol. The fraction of sp³-hybridized carbons (Fsp3) is 0.778. The Bertz CT molecular complexity index is 226. The van der Waals surface area contributed by atoms with E-state index in [1.54, 1.807) is 6.20 Å². The molecule has 1 aromatic rings. The second-order valence-corrected chi connectivity index (χ2v) is 3.68. The van der Waals surface area contributed by atoms with Crippen LogP contribution in [-0.4, -0.2) is 21.5 Å². The molecule has 1 aliphatic rings. The first kappa shape index (κ1) is 8.69. The molecule has 1 heterocycles. The van der Waals surface area contributed by atoms with Gasteiger partial charge in [-0.25, -0.2) is 0 Å². The Kier molecular flexibility index (Phi) is 2.92. The second kappa shape index (κ2) is 4.37. The van der Waals surface area contributed by atoms with Gasteiger partial charge < -0.3 is 5.32 Å². The average molecular weight is 180 g/mol. The van der Waals surface area contributed by atoms with Crippen LogP contribution in [0.1, 0.15) is 37.8 Å². The number of rotatable bonds is 3. The largest absolute Gasteiger partial charge is 0.308 e. The van der Waals surface area contributed by atoms with Crippen molar-refractivity contribution >= 4 is 0 Å². The van der Waals surface area contributed by atoms with Crippen LogP contribution in [0.5, 0.6) is 0 Å². The SMILES string of the molecule is c1n[nH]nc1CNC1CCCCC1. The predicted molar refractivity (Wildman–Crippen MR) is 50.1 cm³/mol. The summed E-state index contributed by atoms with van der Waals surface area (Å²) in [5, 5.41) is 13.9. The van der Waals surface area contributed by atoms with Gasteiger partial charge in [0, 0.05) is 12.6 Å². The highest BCUT2D eigenvalue weighted by atomic mass is 15.3. The average Bonchev–Trinajstić information content (AvgIpc) is 2.69. The van der Waals surface area contributed by atoms with Crippen LogP contribution in [0.25, 0.3) is 0 Å². The van der Waals surface area contributed by atoms with Gasteiger partial charge in [-0.3, -0.25) is 0 Å². The maximum absolute atomic E-state index is 4.00. The van der Waals surface area contributed by atoms with E-state index in [1.165, 1.54) is 32.1 Å². The maximum atomic E-state index is 4.00. The van der Waals surface area contributed by atoms with Gasteiger partial charge in [0.05, 0.1) is 11.9 Å². The van der Waals surface area contributed by atoms with E-state index in [0.717, 1.165) is 12.2 Å². The maximum Gasteiger partial charge on any atom is 0.0962 e. The smallest absolute Gasteiger partial charge is 0.0962 e. The molecule has 1 saturated carbocycles. The Morgan fingerprint density at radius 2 is 2.23 bits per heavy atom. The lowest BCUT2D eigenvalue weighted by atomic mass is 9.95. The van der Waals surface area contributed by atoms with E-state index in [9.17, 15) is 0 Å². The van der Waals surface area contributed by atoms with E-state index in [1.807, 2.05) is 0 Å². The molecule has 1 aromatic heterocycles. The van der Waals surface area contributed by atoms with Gasteiger partial charge in [0.25, 0.3) is 0 Å². The highest BCUT2D eigenvalue weighted by molar-refractivity contribution is 4.90. The minimum atomic E-state index is 0.699. The van der Waals surface area contributed by atoms with Gasteiger partial charge in [0.2, 0.25) is 0 Å². The van der Waals surface area contributed by atoms with Gasteiger partial charge in [-0.2, -0.15) is 15.4 Å². The first-order valence-electron chi connectivity index (χ1n) is 5.03. The van der Waals surface area contributed by atoms with Crippen LogP contribution in [0.3, 0.4) is 0 Å². The molecule has 72 valence electrons. The topological polar surface area (TPSA) is 53.6 Å². The third-order valence-corrected chi connectivity index (χ3v) is 2.64. The Balaban J connectivity index is 1.72. The predicted octanol–water partition coefficient (Wildman–Crippen LogP) is 1.23. The van der Waals surface area contributed by atoms with Gasteiger partial charge in [0.15, 0.2) is 0 Å². The molecule has 2 rings (SSSR count). The van der Waals surface area contributed by atoms with Gasteiger partial charge in [0.1, 0.15) is 0 Å². The van der Waals surface area contributed by atoms with Gasteiger partial charge in [-0.15, -0.1) is 0 Å². The summed E-state index contributed by atoms with van der Waals surface area (Å²) >= 11 is 0. The van der Waals surface area contributed by atoms with Crippen LogP contribution in [0, 0.1) is 0 Å². The second-order valence-electron chi connectivity index (χ2n) is 3.68. The van der Waals surface area contributed by atoms with Crippen molar-refractivity contribution in [1.82, 2.24) is 20.7 Å². The van der Waals surface area contributed by atoms with Crippen LogP contribution in [0.2, 0.25) is 0 Å². The lowest BCUT2D eigenvalue weighted by Gasteiger charge is -2.22. The highest BCUT2D eigenvalue weighted by Gasteiger charge is 2.12. The molecule has 0 aliphatic heterocycles. The first-order valence-corrected chi connectivity index (χ1v) is 5.03. The number of hydrogen-bond donors (Lipinski definition) is 2. The van der Waals surface area contributed by atoms with Gasteiger partial charge >= 0.3 is 0 Å². The molecular formula is C9H16N4. The van der Waals surface area contributed by atoms with Crippen LogP contribution in [0.4, 0.5) is 0 Å². The molecule has 0 radical (unpaired) electrons. The molecule has 13 heavy (non-hydrogen) atoms. The van der Waals surface area contributed by atoms with E-state index in [-0.39, 0.29) is 0 Å². The summed E-state index contributed by atoms with van der Waals surface area (Å²) in [5.74, 6) is 0. The number of nitrogens with zero attached hydrogens (tertiary/aromatic N) is 2. The van der Waals surface area contributed by atoms with Crippen LogP contribution in [0.15, 0.2) is 6.20 Å². The summed E-state index contributed by atoms with van der Waals surface area (Å²) in [7, 11) is 0. The van der Waals surface area contributed by atoms with Crippen molar-refractivity contribution in [1.29, 1.82) is 0 Å². The van der Waals surface area contributed by atoms with E-state index in [0.29, 0.717) is 6.04 Å². The normalized spacial score (nSPS) is 19.1. The minimum Gasteiger partial charge on any atom is -0.308 e. The summed E-state index contributed by atoms with van der Waals surface area (Å²) < 4.78 is 0. The van der Waals surface area contributed by atoms with Crippen LogP contribution in [-0.2, 0) is 6.54 Å². The third kappa shape index (κ3) is 2.52. The molecule has 4 heteroatoms.